The molecule has 1 N–H and O–H groups in total. The maximum absolute atomic E-state index is 14.0. The molecular formula is C23H29FN2O2. The number of nitrogens with one attached hydrogen (secondary N) is 1. The van der Waals surface area contributed by atoms with E-state index in [0.29, 0.717) is 18.5 Å². The van der Waals surface area contributed by atoms with Crippen LogP contribution in [0.2, 0.25) is 0 Å². The minimum absolute atomic E-state index is 0.0237. The molecule has 0 saturated carbocycles. The maximum Gasteiger partial charge on any atom is 0.243 e. The van der Waals surface area contributed by atoms with Crippen LogP contribution >= 0.6 is 0 Å². The normalized spacial score (nSPS) is 11.9. The fourth-order valence-corrected chi connectivity index (χ4v) is 3.10. The SMILES string of the molecule is CCC(C(=O)NC(C)C)N(Cc1ccc(C)cc1)C(=O)Cc1ccccc1F. The molecule has 0 radical (unpaired) electrons. The van der Waals surface area contributed by atoms with Crippen LogP contribution in [0.1, 0.15) is 43.9 Å². The first-order valence-corrected chi connectivity index (χ1v) is 9.70. The number of amides is 2. The van der Waals surface area contributed by atoms with Crippen molar-refractivity contribution in [1.82, 2.24) is 10.2 Å². The van der Waals surface area contributed by atoms with Crippen molar-refractivity contribution >= 4 is 11.8 Å². The quantitative estimate of drug-likeness (QED) is 0.748. The number of carbonyl (C=O) groups excluding carboxylic acids is 2. The van der Waals surface area contributed by atoms with E-state index in [0.717, 1.165) is 11.1 Å². The highest BCUT2D eigenvalue weighted by Crippen LogP contribution is 2.16. The van der Waals surface area contributed by atoms with Crippen LogP contribution in [0, 0.1) is 12.7 Å². The van der Waals surface area contributed by atoms with Gasteiger partial charge in [0.15, 0.2) is 0 Å². The standard InChI is InChI=1S/C23H29FN2O2/c1-5-21(23(28)25-16(2)3)26(15-18-12-10-17(4)11-13-18)22(27)14-19-8-6-7-9-20(19)24/h6-13,16,21H,5,14-15H2,1-4H3,(H,25,28). The molecule has 0 saturated heterocycles. The van der Waals surface area contributed by atoms with E-state index in [1.165, 1.54) is 6.07 Å². The first kappa shape index (κ1) is 21.6. The third kappa shape index (κ3) is 5.91. The minimum atomic E-state index is -0.608. The molecule has 0 spiro atoms. The summed E-state index contributed by atoms with van der Waals surface area (Å²) in [5.74, 6) is -0.867. The van der Waals surface area contributed by atoms with Gasteiger partial charge in [0.25, 0.3) is 0 Å². The third-order valence-corrected chi connectivity index (χ3v) is 4.59. The zero-order valence-electron chi connectivity index (χ0n) is 17.0. The average Bonchev–Trinajstić information content (AvgIpc) is 2.64. The predicted octanol–water partition coefficient (Wildman–Crippen LogP) is 4.01. The Kier molecular flexibility index (Phi) is 7.73. The summed E-state index contributed by atoms with van der Waals surface area (Å²) in [6, 6.07) is 13.5. The Balaban J connectivity index is 2.30. The van der Waals surface area contributed by atoms with Crippen LogP contribution in [0.3, 0.4) is 0 Å². The minimum Gasteiger partial charge on any atom is -0.352 e. The molecule has 2 amide bonds. The van der Waals surface area contributed by atoms with E-state index in [1.807, 2.05) is 52.0 Å². The van der Waals surface area contributed by atoms with Crippen molar-refractivity contribution in [2.75, 3.05) is 0 Å². The molecule has 2 aromatic rings. The lowest BCUT2D eigenvalue weighted by atomic mass is 10.1. The summed E-state index contributed by atoms with van der Waals surface area (Å²) < 4.78 is 14.0. The second-order valence-corrected chi connectivity index (χ2v) is 7.36. The number of halogens is 1. The zero-order valence-corrected chi connectivity index (χ0v) is 17.0. The predicted molar refractivity (Wildman–Crippen MR) is 109 cm³/mol. The molecule has 0 fully saturated rings. The van der Waals surface area contributed by atoms with Crippen molar-refractivity contribution < 1.29 is 14.0 Å². The van der Waals surface area contributed by atoms with E-state index < -0.39 is 11.9 Å². The lowest BCUT2D eigenvalue weighted by molar-refractivity contribution is -0.141. The van der Waals surface area contributed by atoms with Crippen molar-refractivity contribution in [3.8, 4) is 0 Å². The molecular weight excluding hydrogens is 355 g/mol. The van der Waals surface area contributed by atoms with E-state index in [9.17, 15) is 14.0 Å². The molecule has 150 valence electrons. The van der Waals surface area contributed by atoms with Gasteiger partial charge in [-0.3, -0.25) is 9.59 Å². The highest BCUT2D eigenvalue weighted by atomic mass is 19.1. The van der Waals surface area contributed by atoms with E-state index >= 15 is 0 Å². The molecule has 5 heteroatoms. The van der Waals surface area contributed by atoms with E-state index in [2.05, 4.69) is 5.32 Å². The summed E-state index contributed by atoms with van der Waals surface area (Å²) in [5.41, 5.74) is 2.39. The molecule has 1 atom stereocenters. The summed E-state index contributed by atoms with van der Waals surface area (Å²) in [5, 5.41) is 2.89. The Morgan fingerprint density at radius 3 is 2.29 bits per heavy atom. The van der Waals surface area contributed by atoms with Crippen LogP contribution < -0.4 is 5.32 Å². The van der Waals surface area contributed by atoms with Gasteiger partial charge in [-0.1, -0.05) is 55.0 Å². The maximum atomic E-state index is 14.0. The van der Waals surface area contributed by atoms with Crippen LogP contribution in [0.25, 0.3) is 0 Å². The molecule has 0 heterocycles. The summed E-state index contributed by atoms with van der Waals surface area (Å²) in [6.07, 6.45) is 0.400. The number of hydrogen-bond donors (Lipinski definition) is 1. The van der Waals surface area contributed by atoms with Gasteiger partial charge in [-0.15, -0.1) is 0 Å². The number of benzene rings is 2. The zero-order chi connectivity index (χ0) is 20.7. The molecule has 0 aromatic heterocycles. The Bertz CT molecular complexity index is 803. The van der Waals surface area contributed by atoms with Crippen LogP contribution in [0.5, 0.6) is 0 Å². The number of aryl methyl sites for hydroxylation is 1. The van der Waals surface area contributed by atoms with Crippen molar-refractivity contribution in [3.05, 3.63) is 71.0 Å². The third-order valence-electron chi connectivity index (χ3n) is 4.59. The van der Waals surface area contributed by atoms with Gasteiger partial charge < -0.3 is 10.2 Å². The highest BCUT2D eigenvalue weighted by molar-refractivity contribution is 5.88. The number of nitrogens with zero attached hydrogens (tertiary/aromatic N) is 1. The molecule has 0 aliphatic rings. The summed E-state index contributed by atoms with van der Waals surface area (Å²) >= 11 is 0. The molecule has 0 aliphatic heterocycles. The van der Waals surface area contributed by atoms with Crippen LogP contribution in [0.15, 0.2) is 48.5 Å². The molecule has 0 bridgehead atoms. The van der Waals surface area contributed by atoms with E-state index in [4.69, 9.17) is 0 Å². The van der Waals surface area contributed by atoms with Crippen molar-refractivity contribution in [3.63, 3.8) is 0 Å². The largest absolute Gasteiger partial charge is 0.352 e. The van der Waals surface area contributed by atoms with Gasteiger partial charge in [0.1, 0.15) is 11.9 Å². The van der Waals surface area contributed by atoms with Crippen LogP contribution in [-0.4, -0.2) is 28.8 Å². The lowest BCUT2D eigenvalue weighted by Gasteiger charge is -2.31. The fraction of sp³-hybridized carbons (Fsp3) is 0.391. The van der Waals surface area contributed by atoms with Gasteiger partial charge in [-0.25, -0.2) is 4.39 Å². The van der Waals surface area contributed by atoms with Crippen LogP contribution in [0.4, 0.5) is 4.39 Å². The highest BCUT2D eigenvalue weighted by Gasteiger charge is 2.29. The van der Waals surface area contributed by atoms with Gasteiger partial charge in [-0.2, -0.15) is 0 Å². The topological polar surface area (TPSA) is 49.4 Å². The Hall–Kier alpha value is -2.69. The molecule has 28 heavy (non-hydrogen) atoms. The van der Waals surface area contributed by atoms with Gasteiger partial charge in [-0.05, 0) is 44.4 Å². The van der Waals surface area contributed by atoms with Gasteiger partial charge in [0, 0.05) is 12.6 Å². The van der Waals surface area contributed by atoms with Gasteiger partial charge >= 0.3 is 0 Å². The summed E-state index contributed by atoms with van der Waals surface area (Å²) in [4.78, 5) is 27.4. The average molecular weight is 384 g/mol. The van der Waals surface area contributed by atoms with E-state index in [1.54, 1.807) is 23.1 Å². The number of hydrogen-bond acceptors (Lipinski definition) is 2. The molecule has 2 aromatic carbocycles. The Labute approximate surface area is 166 Å². The summed E-state index contributed by atoms with van der Waals surface area (Å²) in [6.45, 7) is 7.95. The Morgan fingerprint density at radius 1 is 1.07 bits per heavy atom. The number of carbonyl (C=O) groups is 2. The van der Waals surface area contributed by atoms with Crippen molar-refractivity contribution in [2.24, 2.45) is 0 Å². The molecule has 2 rings (SSSR count). The molecule has 0 aliphatic carbocycles. The number of rotatable bonds is 8. The van der Waals surface area contributed by atoms with Crippen LogP contribution in [-0.2, 0) is 22.6 Å². The fourth-order valence-electron chi connectivity index (χ4n) is 3.10. The van der Waals surface area contributed by atoms with Gasteiger partial charge in [0.2, 0.25) is 11.8 Å². The second kappa shape index (κ2) is 10.0. The first-order valence-electron chi connectivity index (χ1n) is 9.70. The Morgan fingerprint density at radius 2 is 1.71 bits per heavy atom. The van der Waals surface area contributed by atoms with Crippen molar-refractivity contribution in [1.29, 1.82) is 0 Å². The van der Waals surface area contributed by atoms with E-state index in [-0.39, 0.29) is 24.3 Å². The monoisotopic (exact) mass is 384 g/mol. The van der Waals surface area contributed by atoms with Crippen molar-refractivity contribution in [2.45, 2.75) is 59.2 Å². The second-order valence-electron chi connectivity index (χ2n) is 7.36. The molecule has 1 unspecified atom stereocenters. The van der Waals surface area contributed by atoms with Gasteiger partial charge in [0.05, 0.1) is 6.42 Å². The lowest BCUT2D eigenvalue weighted by Crippen LogP contribution is -2.50. The summed E-state index contributed by atoms with van der Waals surface area (Å²) in [7, 11) is 0. The molecule has 4 nitrogen and oxygen atoms in total. The smallest absolute Gasteiger partial charge is 0.243 e. The first-order chi connectivity index (χ1) is 13.3.